The summed E-state index contributed by atoms with van der Waals surface area (Å²) in [5.41, 5.74) is 1.22. The van der Waals surface area contributed by atoms with Crippen LogP contribution in [0.5, 0.6) is 17.2 Å². The van der Waals surface area contributed by atoms with Gasteiger partial charge in [-0.05, 0) is 38.5 Å². The second-order valence-corrected chi connectivity index (χ2v) is 5.44. The number of nitrogens with zero attached hydrogens (tertiary/aromatic N) is 1. The maximum atomic E-state index is 9.35. The SMILES string of the molecule is COc1c(Oc2ccccc2C)cccc1C(C)(C)C#N. The van der Waals surface area contributed by atoms with Crippen molar-refractivity contribution in [3.63, 3.8) is 0 Å². The van der Waals surface area contributed by atoms with Crippen molar-refractivity contribution in [2.75, 3.05) is 7.11 Å². The highest BCUT2D eigenvalue weighted by Crippen LogP contribution is 2.40. The van der Waals surface area contributed by atoms with Crippen LogP contribution in [0.4, 0.5) is 0 Å². The third kappa shape index (κ3) is 3.00. The third-order valence-electron chi connectivity index (χ3n) is 3.45. The van der Waals surface area contributed by atoms with Gasteiger partial charge >= 0.3 is 0 Å². The molecule has 0 amide bonds. The second-order valence-electron chi connectivity index (χ2n) is 5.44. The largest absolute Gasteiger partial charge is 0.492 e. The van der Waals surface area contributed by atoms with Crippen LogP contribution >= 0.6 is 0 Å². The Balaban J connectivity index is 2.49. The molecule has 2 aromatic carbocycles. The Morgan fingerprint density at radius 3 is 2.29 bits per heavy atom. The van der Waals surface area contributed by atoms with Gasteiger partial charge in [-0.25, -0.2) is 0 Å². The van der Waals surface area contributed by atoms with Gasteiger partial charge in [0.15, 0.2) is 11.5 Å². The Labute approximate surface area is 125 Å². The van der Waals surface area contributed by atoms with Crippen LogP contribution in [-0.4, -0.2) is 7.11 Å². The Kier molecular flexibility index (Phi) is 4.18. The van der Waals surface area contributed by atoms with E-state index >= 15 is 0 Å². The predicted molar refractivity (Wildman–Crippen MR) is 82.9 cm³/mol. The lowest BCUT2D eigenvalue weighted by Gasteiger charge is -2.21. The molecule has 0 heterocycles. The first kappa shape index (κ1) is 14.9. The van der Waals surface area contributed by atoms with Gasteiger partial charge in [-0.3, -0.25) is 0 Å². The average Bonchev–Trinajstić information content (AvgIpc) is 2.49. The van der Waals surface area contributed by atoms with E-state index in [1.165, 1.54) is 0 Å². The molecule has 3 nitrogen and oxygen atoms in total. The van der Waals surface area contributed by atoms with E-state index in [4.69, 9.17) is 9.47 Å². The number of para-hydroxylation sites is 2. The van der Waals surface area contributed by atoms with Crippen molar-refractivity contribution >= 4 is 0 Å². The fourth-order valence-electron chi connectivity index (χ4n) is 2.15. The van der Waals surface area contributed by atoms with Crippen molar-refractivity contribution < 1.29 is 9.47 Å². The fourth-order valence-corrected chi connectivity index (χ4v) is 2.15. The summed E-state index contributed by atoms with van der Waals surface area (Å²) < 4.78 is 11.5. The monoisotopic (exact) mass is 281 g/mol. The zero-order valence-electron chi connectivity index (χ0n) is 12.8. The molecule has 108 valence electrons. The van der Waals surface area contributed by atoms with E-state index in [1.807, 2.05) is 63.2 Å². The van der Waals surface area contributed by atoms with Crippen molar-refractivity contribution in [2.24, 2.45) is 0 Å². The van der Waals surface area contributed by atoms with Gasteiger partial charge in [0.1, 0.15) is 5.75 Å². The molecule has 3 heteroatoms. The van der Waals surface area contributed by atoms with Crippen molar-refractivity contribution in [1.29, 1.82) is 5.26 Å². The number of nitriles is 1. The van der Waals surface area contributed by atoms with Crippen LogP contribution in [0.2, 0.25) is 0 Å². The standard InChI is InChI=1S/C18H19NO2/c1-13-8-5-6-10-15(13)21-16-11-7-9-14(17(16)20-4)18(2,3)12-19/h5-11H,1-4H3. The van der Waals surface area contributed by atoms with E-state index in [0.717, 1.165) is 16.9 Å². The molecule has 2 aromatic rings. The molecule has 0 fully saturated rings. The summed E-state index contributed by atoms with van der Waals surface area (Å²) in [4.78, 5) is 0. The zero-order valence-corrected chi connectivity index (χ0v) is 12.8. The molecular weight excluding hydrogens is 262 g/mol. The predicted octanol–water partition coefficient (Wildman–Crippen LogP) is 4.60. The van der Waals surface area contributed by atoms with E-state index in [2.05, 4.69) is 6.07 Å². The smallest absolute Gasteiger partial charge is 0.169 e. The minimum Gasteiger partial charge on any atom is -0.492 e. The second kappa shape index (κ2) is 5.88. The van der Waals surface area contributed by atoms with Crippen LogP contribution in [0.15, 0.2) is 42.5 Å². The number of aryl methyl sites for hydroxylation is 1. The normalized spacial score (nSPS) is 10.8. The molecule has 2 rings (SSSR count). The van der Waals surface area contributed by atoms with Crippen LogP contribution in [0.3, 0.4) is 0 Å². The maximum absolute atomic E-state index is 9.35. The minimum atomic E-state index is -0.642. The summed E-state index contributed by atoms with van der Waals surface area (Å²) in [6, 6.07) is 15.7. The van der Waals surface area contributed by atoms with Crippen molar-refractivity contribution in [2.45, 2.75) is 26.2 Å². The summed E-state index contributed by atoms with van der Waals surface area (Å²) in [6.45, 7) is 5.72. The van der Waals surface area contributed by atoms with E-state index in [1.54, 1.807) is 7.11 Å². The maximum Gasteiger partial charge on any atom is 0.169 e. The Bertz CT molecular complexity index is 684. The molecule has 0 aromatic heterocycles. The van der Waals surface area contributed by atoms with Crippen molar-refractivity contribution in [3.8, 4) is 23.3 Å². The zero-order chi connectivity index (χ0) is 15.5. The first-order valence-electron chi connectivity index (χ1n) is 6.82. The molecule has 21 heavy (non-hydrogen) atoms. The molecule has 0 aliphatic rings. The van der Waals surface area contributed by atoms with Crippen molar-refractivity contribution in [1.82, 2.24) is 0 Å². The highest BCUT2D eigenvalue weighted by Gasteiger charge is 2.26. The summed E-state index contributed by atoms with van der Waals surface area (Å²) in [7, 11) is 1.59. The van der Waals surface area contributed by atoms with Gasteiger partial charge in [-0.2, -0.15) is 5.26 Å². The summed E-state index contributed by atoms with van der Waals surface area (Å²) in [5.74, 6) is 2.00. The van der Waals surface area contributed by atoms with Gasteiger partial charge in [-0.15, -0.1) is 0 Å². The average molecular weight is 281 g/mol. The summed E-state index contributed by atoms with van der Waals surface area (Å²) in [5, 5.41) is 9.35. The van der Waals surface area contributed by atoms with Gasteiger partial charge in [0.2, 0.25) is 0 Å². The minimum absolute atomic E-state index is 0.604. The first-order valence-corrected chi connectivity index (χ1v) is 6.82. The Morgan fingerprint density at radius 1 is 1.00 bits per heavy atom. The number of ether oxygens (including phenoxy) is 2. The van der Waals surface area contributed by atoms with Gasteiger partial charge in [0.05, 0.1) is 18.6 Å². The lowest BCUT2D eigenvalue weighted by atomic mass is 9.85. The summed E-state index contributed by atoms with van der Waals surface area (Å²) in [6.07, 6.45) is 0. The molecule has 0 unspecified atom stereocenters. The Morgan fingerprint density at radius 2 is 1.67 bits per heavy atom. The van der Waals surface area contributed by atoms with Gasteiger partial charge in [-0.1, -0.05) is 30.3 Å². The highest BCUT2D eigenvalue weighted by molar-refractivity contribution is 5.53. The molecule has 0 N–H and O–H groups in total. The number of benzene rings is 2. The number of hydrogen-bond donors (Lipinski definition) is 0. The molecule has 0 radical (unpaired) electrons. The molecule has 0 saturated heterocycles. The molecule has 0 bridgehead atoms. The highest BCUT2D eigenvalue weighted by atomic mass is 16.5. The van der Waals surface area contributed by atoms with E-state index in [0.29, 0.717) is 11.5 Å². The topological polar surface area (TPSA) is 42.2 Å². The number of hydrogen-bond acceptors (Lipinski definition) is 3. The van der Waals surface area contributed by atoms with Crippen molar-refractivity contribution in [3.05, 3.63) is 53.6 Å². The van der Waals surface area contributed by atoms with E-state index in [-0.39, 0.29) is 0 Å². The third-order valence-corrected chi connectivity index (χ3v) is 3.45. The lowest BCUT2D eigenvalue weighted by molar-refractivity contribution is 0.368. The van der Waals surface area contributed by atoms with Crippen LogP contribution in [-0.2, 0) is 5.41 Å². The molecule has 0 aliphatic heterocycles. The molecule has 0 aliphatic carbocycles. The van der Waals surface area contributed by atoms with Crippen LogP contribution < -0.4 is 9.47 Å². The first-order chi connectivity index (χ1) is 9.99. The summed E-state index contributed by atoms with van der Waals surface area (Å²) >= 11 is 0. The van der Waals surface area contributed by atoms with E-state index < -0.39 is 5.41 Å². The number of methoxy groups -OCH3 is 1. The van der Waals surface area contributed by atoms with E-state index in [9.17, 15) is 5.26 Å². The fraction of sp³-hybridized carbons (Fsp3) is 0.278. The molecular formula is C18H19NO2. The van der Waals surface area contributed by atoms with Crippen LogP contribution in [0.25, 0.3) is 0 Å². The lowest BCUT2D eigenvalue weighted by Crippen LogP contribution is -2.15. The quantitative estimate of drug-likeness (QED) is 0.822. The molecule has 0 atom stereocenters. The number of rotatable bonds is 4. The van der Waals surface area contributed by atoms with Crippen LogP contribution in [0, 0.1) is 18.3 Å². The van der Waals surface area contributed by atoms with Gasteiger partial charge in [0, 0.05) is 5.56 Å². The van der Waals surface area contributed by atoms with Crippen LogP contribution in [0.1, 0.15) is 25.0 Å². The molecule has 0 saturated carbocycles. The van der Waals surface area contributed by atoms with Gasteiger partial charge < -0.3 is 9.47 Å². The molecule has 0 spiro atoms. The Hall–Kier alpha value is -2.47. The van der Waals surface area contributed by atoms with Gasteiger partial charge in [0.25, 0.3) is 0 Å².